The number of amidine groups is 1. The first-order valence-corrected chi connectivity index (χ1v) is 6.89. The first-order chi connectivity index (χ1) is 10.3. The Kier molecular flexibility index (Phi) is 5.76. The van der Waals surface area contributed by atoms with Gasteiger partial charge in [-0.2, -0.15) is 5.26 Å². The third kappa shape index (κ3) is 5.26. The molecule has 0 unspecified atom stereocenters. The molecular weight excluding hydrogens is 334 g/mol. The zero-order chi connectivity index (χ0) is 14.9. The Morgan fingerprint density at radius 2 is 1.86 bits per heavy atom. The topological polar surface area (TPSA) is 66.6 Å². The Morgan fingerprint density at radius 3 is 2.52 bits per heavy atom. The maximum Gasteiger partial charge on any atom is 0.330 e. The van der Waals surface area contributed by atoms with Crippen LogP contribution < -0.4 is 10.2 Å². The van der Waals surface area contributed by atoms with E-state index in [1.54, 1.807) is 18.3 Å². The average molecular weight is 346 g/mol. The number of ether oxygens (including phenoxy) is 1. The fourth-order valence-electron chi connectivity index (χ4n) is 1.47. The smallest absolute Gasteiger partial charge is 0.330 e. The van der Waals surface area contributed by atoms with Crippen LogP contribution in [-0.2, 0) is 11.4 Å². The number of nitrogens with zero attached hydrogens (tertiary/aromatic N) is 2. The summed E-state index contributed by atoms with van der Waals surface area (Å²) < 4.78 is 6.39. The molecule has 2 aromatic carbocycles. The zero-order valence-corrected chi connectivity index (χ0v) is 12.6. The molecule has 0 aliphatic carbocycles. The van der Waals surface area contributed by atoms with Gasteiger partial charge in [-0.05, 0) is 29.8 Å². The molecule has 2 aromatic rings. The highest BCUT2D eigenvalue weighted by molar-refractivity contribution is 9.10. The van der Waals surface area contributed by atoms with Gasteiger partial charge in [0.15, 0.2) is 0 Å². The molecule has 0 radical (unpaired) electrons. The fourth-order valence-corrected chi connectivity index (χ4v) is 1.74. The number of rotatable bonds is 4. The second kappa shape index (κ2) is 8.04. The zero-order valence-electron chi connectivity index (χ0n) is 11.0. The second-order valence-electron chi connectivity index (χ2n) is 3.95. The number of aliphatic imine (C=N–C) groups is 1. The molecule has 0 saturated carbocycles. The van der Waals surface area contributed by atoms with Crippen molar-refractivity contribution < 1.29 is 9.57 Å². The molecule has 0 bridgehead atoms. The van der Waals surface area contributed by atoms with E-state index in [-0.39, 0.29) is 6.02 Å². The third-order valence-electron chi connectivity index (χ3n) is 2.42. The van der Waals surface area contributed by atoms with E-state index in [0.717, 1.165) is 10.0 Å². The Labute approximate surface area is 130 Å². The van der Waals surface area contributed by atoms with Crippen LogP contribution in [0.25, 0.3) is 0 Å². The molecule has 0 fully saturated rings. The Bertz CT molecular complexity index is 636. The van der Waals surface area contributed by atoms with Crippen LogP contribution in [-0.4, -0.2) is 6.02 Å². The van der Waals surface area contributed by atoms with Crippen molar-refractivity contribution in [3.8, 4) is 11.9 Å². The summed E-state index contributed by atoms with van der Waals surface area (Å²) >= 11 is 3.36. The molecule has 1 N–H and O–H groups in total. The molecule has 0 heterocycles. The highest BCUT2D eigenvalue weighted by Gasteiger charge is 2.03. The van der Waals surface area contributed by atoms with Crippen LogP contribution in [0.5, 0.6) is 5.75 Å². The summed E-state index contributed by atoms with van der Waals surface area (Å²) in [7, 11) is 0. The Hall–Kier alpha value is -2.36. The maximum absolute atomic E-state index is 8.64. The van der Waals surface area contributed by atoms with Crippen LogP contribution in [0.4, 0.5) is 0 Å². The van der Waals surface area contributed by atoms with E-state index in [0.29, 0.717) is 12.4 Å². The molecule has 0 spiro atoms. The molecule has 0 aromatic heterocycles. The van der Waals surface area contributed by atoms with Crippen molar-refractivity contribution in [1.29, 1.82) is 5.26 Å². The molecule has 0 aliphatic heterocycles. The average Bonchev–Trinajstić information content (AvgIpc) is 2.50. The fraction of sp³-hybridized carbons (Fsp3) is 0.0667. The molecular formula is C15H12BrN3O2. The van der Waals surface area contributed by atoms with Gasteiger partial charge in [0.25, 0.3) is 0 Å². The molecule has 0 saturated heterocycles. The van der Waals surface area contributed by atoms with Gasteiger partial charge in [0, 0.05) is 4.47 Å². The predicted octanol–water partition coefficient (Wildman–Crippen LogP) is 3.39. The van der Waals surface area contributed by atoms with Crippen LogP contribution >= 0.6 is 15.9 Å². The quantitative estimate of drug-likeness (QED) is 0.399. The highest BCUT2D eigenvalue weighted by Crippen LogP contribution is 2.11. The van der Waals surface area contributed by atoms with Gasteiger partial charge >= 0.3 is 6.02 Å². The minimum Gasteiger partial charge on any atom is -0.424 e. The molecule has 6 heteroatoms. The summed E-state index contributed by atoms with van der Waals surface area (Å²) in [5.74, 6) is 0.561. The standard InChI is InChI=1S/C15H12BrN3O2/c16-13-8-6-12(7-9-13)10-20-19-15(18-11-17)21-14-4-2-1-3-5-14/h1-9H,10H2,(H,18,19). The van der Waals surface area contributed by atoms with Gasteiger partial charge in [0.2, 0.25) is 6.19 Å². The molecule has 5 nitrogen and oxygen atoms in total. The monoisotopic (exact) mass is 345 g/mol. The minimum absolute atomic E-state index is 0.0131. The number of nitriles is 1. The van der Waals surface area contributed by atoms with E-state index in [1.165, 1.54) is 0 Å². The Morgan fingerprint density at radius 1 is 1.14 bits per heavy atom. The van der Waals surface area contributed by atoms with E-state index >= 15 is 0 Å². The van der Waals surface area contributed by atoms with Crippen LogP contribution in [0.1, 0.15) is 5.56 Å². The largest absolute Gasteiger partial charge is 0.424 e. The first kappa shape index (κ1) is 15.0. The second-order valence-corrected chi connectivity index (χ2v) is 4.86. The number of nitrogens with one attached hydrogen (secondary N) is 1. The van der Waals surface area contributed by atoms with Gasteiger partial charge in [-0.15, -0.1) is 4.99 Å². The molecule has 0 atom stereocenters. The molecule has 21 heavy (non-hydrogen) atoms. The number of para-hydroxylation sites is 1. The van der Waals surface area contributed by atoms with Crippen molar-refractivity contribution in [2.45, 2.75) is 6.61 Å². The predicted molar refractivity (Wildman–Crippen MR) is 82.2 cm³/mol. The summed E-state index contributed by atoms with van der Waals surface area (Å²) in [5, 5.41) is 8.64. The number of hydrogen-bond donors (Lipinski definition) is 1. The lowest BCUT2D eigenvalue weighted by Crippen LogP contribution is -2.28. The number of hydroxylamine groups is 1. The van der Waals surface area contributed by atoms with E-state index < -0.39 is 0 Å². The van der Waals surface area contributed by atoms with Gasteiger partial charge in [-0.1, -0.05) is 46.3 Å². The van der Waals surface area contributed by atoms with Gasteiger partial charge in [-0.25, -0.2) is 5.48 Å². The lowest BCUT2D eigenvalue weighted by molar-refractivity contribution is 0.0609. The summed E-state index contributed by atoms with van der Waals surface area (Å²) in [6.07, 6.45) is 1.66. The minimum atomic E-state index is -0.0131. The SMILES string of the molecule is N#CN=C(NOCc1ccc(Br)cc1)Oc1ccccc1. The Balaban J connectivity index is 1.88. The summed E-state index contributed by atoms with van der Waals surface area (Å²) in [6, 6.07) is 16.7. The highest BCUT2D eigenvalue weighted by atomic mass is 79.9. The van der Waals surface area contributed by atoms with E-state index in [1.807, 2.05) is 42.5 Å². The van der Waals surface area contributed by atoms with E-state index in [9.17, 15) is 0 Å². The summed E-state index contributed by atoms with van der Waals surface area (Å²) in [4.78, 5) is 8.80. The number of hydrogen-bond acceptors (Lipinski definition) is 4. The molecule has 0 amide bonds. The van der Waals surface area contributed by atoms with Crippen LogP contribution in [0.2, 0.25) is 0 Å². The number of benzene rings is 2. The van der Waals surface area contributed by atoms with E-state index in [4.69, 9.17) is 14.8 Å². The van der Waals surface area contributed by atoms with Crippen molar-refractivity contribution in [2.75, 3.05) is 0 Å². The summed E-state index contributed by atoms with van der Waals surface area (Å²) in [6.45, 7) is 0.315. The van der Waals surface area contributed by atoms with Gasteiger partial charge in [0.1, 0.15) is 5.75 Å². The van der Waals surface area contributed by atoms with Gasteiger partial charge in [0.05, 0.1) is 6.61 Å². The molecule has 2 rings (SSSR count). The number of halogens is 1. The van der Waals surface area contributed by atoms with Crippen molar-refractivity contribution in [3.63, 3.8) is 0 Å². The van der Waals surface area contributed by atoms with Crippen molar-refractivity contribution in [1.82, 2.24) is 5.48 Å². The van der Waals surface area contributed by atoms with Crippen LogP contribution in [0.15, 0.2) is 64.1 Å². The normalized spacial score (nSPS) is 10.8. The lowest BCUT2D eigenvalue weighted by atomic mass is 10.2. The molecule has 106 valence electrons. The summed E-state index contributed by atoms with van der Waals surface area (Å²) in [5.41, 5.74) is 3.50. The van der Waals surface area contributed by atoms with Crippen LogP contribution in [0.3, 0.4) is 0 Å². The first-order valence-electron chi connectivity index (χ1n) is 6.10. The van der Waals surface area contributed by atoms with Crippen molar-refractivity contribution in [2.24, 2.45) is 4.99 Å². The van der Waals surface area contributed by atoms with Crippen LogP contribution in [0, 0.1) is 11.5 Å². The third-order valence-corrected chi connectivity index (χ3v) is 2.95. The van der Waals surface area contributed by atoms with E-state index in [2.05, 4.69) is 26.4 Å². The van der Waals surface area contributed by atoms with Gasteiger partial charge in [-0.3, -0.25) is 4.84 Å². The molecule has 0 aliphatic rings. The van der Waals surface area contributed by atoms with Crippen molar-refractivity contribution >= 4 is 22.0 Å². The van der Waals surface area contributed by atoms with Gasteiger partial charge < -0.3 is 4.74 Å². The maximum atomic E-state index is 8.64. The van der Waals surface area contributed by atoms with Crippen molar-refractivity contribution in [3.05, 3.63) is 64.6 Å². The lowest BCUT2D eigenvalue weighted by Gasteiger charge is -2.09.